The van der Waals surface area contributed by atoms with E-state index in [2.05, 4.69) is 4.74 Å². The van der Waals surface area contributed by atoms with Crippen LogP contribution < -0.4 is 0 Å². The molecule has 48 heavy (non-hydrogen) atoms. The molecular formula is C30H46F12O6. The van der Waals surface area contributed by atoms with Crippen LogP contribution in [0.2, 0.25) is 0 Å². The van der Waals surface area contributed by atoms with Gasteiger partial charge in [-0.15, -0.1) is 0 Å². The fraction of sp³-hybridized carbons (Fsp3) is 0.933. The summed E-state index contributed by atoms with van der Waals surface area (Å²) in [4.78, 5) is 24.1. The monoisotopic (exact) mass is 730 g/mol. The van der Waals surface area contributed by atoms with Crippen molar-refractivity contribution < 1.29 is 82.0 Å². The summed E-state index contributed by atoms with van der Waals surface area (Å²) in [5.74, 6) is -2.22. The molecule has 1 aliphatic carbocycles. The van der Waals surface area contributed by atoms with Crippen LogP contribution in [0.25, 0.3) is 0 Å². The zero-order chi connectivity index (χ0) is 38.6. The largest absolute Gasteiger partial charge is 0.462 e. The minimum Gasteiger partial charge on any atom is -0.462 e. The number of aliphatic hydroxyl groups is 2. The summed E-state index contributed by atoms with van der Waals surface area (Å²) in [6, 6.07) is 0. The minimum absolute atomic E-state index is 0.137. The lowest BCUT2D eigenvalue weighted by atomic mass is 9.81. The Balaban J connectivity index is 0.000000952. The fourth-order valence-corrected chi connectivity index (χ4v) is 4.56. The molecule has 2 N–H and O–H groups in total. The zero-order valence-corrected chi connectivity index (χ0v) is 28.1. The van der Waals surface area contributed by atoms with E-state index in [4.69, 9.17) is 4.74 Å². The number of carbonyl (C=O) groups excluding carboxylic acids is 2. The molecule has 0 aliphatic heterocycles. The third-order valence-corrected chi connectivity index (χ3v) is 9.08. The van der Waals surface area contributed by atoms with Gasteiger partial charge < -0.3 is 19.7 Å². The van der Waals surface area contributed by atoms with Gasteiger partial charge in [-0.1, -0.05) is 33.1 Å². The lowest BCUT2D eigenvalue weighted by Gasteiger charge is -2.44. The second-order valence-electron chi connectivity index (χ2n) is 13.8. The summed E-state index contributed by atoms with van der Waals surface area (Å²) in [5.41, 5.74) is -15.4. The van der Waals surface area contributed by atoms with Gasteiger partial charge in [-0.2, -0.15) is 52.7 Å². The standard InChI is InChI=1S/C18H28F6O3.C12H18F6O3/c1-4-15(2,3)14(25)27-13(12-8-6-5-7-9-12)10-11-16(26,17(19,20)21)18(22,23)24;1-6-8(2,3)7(19)21-9(4,5)10(20,11(13,14)15)12(16,17)18/h12-13,26H,4-11H2,1-3H3;20H,6H2,1-5H3. The third kappa shape index (κ3) is 10.5. The lowest BCUT2D eigenvalue weighted by molar-refractivity contribution is -0.408. The number of ether oxygens (including phenoxy) is 2. The number of hydrogen-bond donors (Lipinski definition) is 2. The minimum atomic E-state index is -6.06. The molecule has 1 fully saturated rings. The highest BCUT2D eigenvalue weighted by Crippen LogP contribution is 2.51. The Morgan fingerprint density at radius 1 is 0.646 bits per heavy atom. The topological polar surface area (TPSA) is 93.1 Å². The maximum absolute atomic E-state index is 12.9. The Morgan fingerprint density at radius 3 is 1.35 bits per heavy atom. The van der Waals surface area contributed by atoms with Crippen molar-refractivity contribution in [1.29, 1.82) is 0 Å². The molecule has 18 heteroatoms. The molecule has 0 aromatic carbocycles. The Bertz CT molecular complexity index is 1020. The first-order valence-electron chi connectivity index (χ1n) is 15.3. The quantitative estimate of drug-likeness (QED) is 0.163. The van der Waals surface area contributed by atoms with E-state index < -0.39 is 83.2 Å². The summed E-state index contributed by atoms with van der Waals surface area (Å²) in [7, 11) is 0. The first-order chi connectivity index (χ1) is 21.1. The van der Waals surface area contributed by atoms with Gasteiger partial charge in [0.05, 0.1) is 10.8 Å². The van der Waals surface area contributed by atoms with Crippen LogP contribution >= 0.6 is 0 Å². The number of rotatable bonds is 11. The zero-order valence-electron chi connectivity index (χ0n) is 28.1. The van der Waals surface area contributed by atoms with E-state index in [1.807, 2.05) is 0 Å². The van der Waals surface area contributed by atoms with Crippen LogP contribution in [-0.2, 0) is 19.1 Å². The van der Waals surface area contributed by atoms with Crippen LogP contribution in [0.4, 0.5) is 52.7 Å². The highest BCUT2D eigenvalue weighted by atomic mass is 19.4. The van der Waals surface area contributed by atoms with Gasteiger partial charge in [0.2, 0.25) is 0 Å². The van der Waals surface area contributed by atoms with E-state index in [0.717, 1.165) is 19.3 Å². The van der Waals surface area contributed by atoms with Crippen LogP contribution in [0.1, 0.15) is 113 Å². The molecular weight excluding hydrogens is 684 g/mol. The van der Waals surface area contributed by atoms with E-state index in [0.29, 0.717) is 33.1 Å². The van der Waals surface area contributed by atoms with Crippen molar-refractivity contribution in [3.05, 3.63) is 0 Å². The van der Waals surface area contributed by atoms with Crippen molar-refractivity contribution >= 4 is 11.9 Å². The second-order valence-corrected chi connectivity index (χ2v) is 13.8. The van der Waals surface area contributed by atoms with E-state index in [-0.39, 0.29) is 12.3 Å². The van der Waals surface area contributed by atoms with E-state index in [1.54, 1.807) is 20.8 Å². The average molecular weight is 731 g/mol. The molecule has 6 nitrogen and oxygen atoms in total. The first-order valence-corrected chi connectivity index (χ1v) is 15.3. The molecule has 1 unspecified atom stereocenters. The average Bonchev–Trinajstić information content (AvgIpc) is 2.92. The summed E-state index contributed by atoms with van der Waals surface area (Å²) in [6.45, 7) is 9.84. The molecule has 286 valence electrons. The fourth-order valence-electron chi connectivity index (χ4n) is 4.56. The molecule has 1 saturated carbocycles. The van der Waals surface area contributed by atoms with Crippen LogP contribution in [0.15, 0.2) is 0 Å². The Morgan fingerprint density at radius 2 is 1.02 bits per heavy atom. The summed E-state index contributed by atoms with van der Waals surface area (Å²) in [6.07, 6.45) is -23.1. The Kier molecular flexibility index (Phi) is 14.9. The summed E-state index contributed by atoms with van der Waals surface area (Å²) in [5, 5.41) is 18.7. The second kappa shape index (κ2) is 15.5. The van der Waals surface area contributed by atoms with Crippen molar-refractivity contribution in [2.45, 2.75) is 161 Å². The van der Waals surface area contributed by atoms with E-state index in [9.17, 15) is 72.5 Å². The predicted molar refractivity (Wildman–Crippen MR) is 148 cm³/mol. The van der Waals surface area contributed by atoms with Crippen LogP contribution in [-0.4, -0.2) is 69.8 Å². The van der Waals surface area contributed by atoms with Crippen molar-refractivity contribution in [1.82, 2.24) is 0 Å². The van der Waals surface area contributed by atoms with Gasteiger partial charge in [0.25, 0.3) is 11.2 Å². The van der Waals surface area contributed by atoms with Gasteiger partial charge in [-0.3, -0.25) is 9.59 Å². The molecule has 0 heterocycles. The van der Waals surface area contributed by atoms with Gasteiger partial charge in [-0.25, -0.2) is 0 Å². The van der Waals surface area contributed by atoms with Gasteiger partial charge in [0.1, 0.15) is 6.10 Å². The number of hydrogen-bond acceptors (Lipinski definition) is 6. The van der Waals surface area contributed by atoms with Gasteiger partial charge >= 0.3 is 36.6 Å². The molecule has 0 saturated heterocycles. The van der Waals surface area contributed by atoms with E-state index in [1.165, 1.54) is 20.8 Å². The van der Waals surface area contributed by atoms with Crippen molar-refractivity contribution in [3.8, 4) is 0 Å². The summed E-state index contributed by atoms with van der Waals surface area (Å²) >= 11 is 0. The molecule has 0 amide bonds. The number of esters is 2. The lowest BCUT2D eigenvalue weighted by Crippen LogP contribution is -2.70. The van der Waals surface area contributed by atoms with Gasteiger partial charge in [0, 0.05) is 0 Å². The molecule has 1 aliphatic rings. The first kappa shape index (κ1) is 46.0. The number of alkyl halides is 12. The van der Waals surface area contributed by atoms with Crippen molar-refractivity contribution in [3.63, 3.8) is 0 Å². The number of halogens is 12. The number of carbonyl (C=O) groups is 2. The molecule has 1 atom stereocenters. The maximum Gasteiger partial charge on any atom is 0.430 e. The molecule has 0 aromatic heterocycles. The molecule has 0 bridgehead atoms. The molecule has 1 rings (SSSR count). The highest BCUT2D eigenvalue weighted by Gasteiger charge is 2.79. The maximum atomic E-state index is 12.9. The molecule has 0 spiro atoms. The smallest absolute Gasteiger partial charge is 0.430 e. The van der Waals surface area contributed by atoms with Gasteiger partial charge in [-0.05, 0) is 86.0 Å². The van der Waals surface area contributed by atoms with Crippen molar-refractivity contribution in [2.75, 3.05) is 0 Å². The predicted octanol–water partition coefficient (Wildman–Crippen LogP) is 9.15. The third-order valence-electron chi connectivity index (χ3n) is 9.08. The van der Waals surface area contributed by atoms with E-state index >= 15 is 0 Å². The molecule has 0 aromatic rings. The summed E-state index contributed by atoms with van der Waals surface area (Å²) < 4.78 is 164. The Labute approximate surface area is 271 Å². The normalized spacial score (nSPS) is 17.3. The van der Waals surface area contributed by atoms with Crippen LogP contribution in [0, 0.1) is 16.7 Å². The SMILES string of the molecule is CCC(C)(C)C(=O)OC(C)(C)C(O)(C(F)(F)F)C(F)(F)F.CCC(C)(C)C(=O)OC(CCC(O)(C(F)(F)F)C(F)(F)F)C1CCCCC1. The highest BCUT2D eigenvalue weighted by molar-refractivity contribution is 5.76. The van der Waals surface area contributed by atoms with Gasteiger partial charge in [0.15, 0.2) is 5.60 Å². The van der Waals surface area contributed by atoms with Crippen LogP contribution in [0.5, 0.6) is 0 Å². The Hall–Kier alpha value is -1.98. The van der Waals surface area contributed by atoms with Crippen LogP contribution in [0.3, 0.4) is 0 Å². The molecule has 0 radical (unpaired) electrons. The van der Waals surface area contributed by atoms with Crippen molar-refractivity contribution in [2.24, 2.45) is 16.7 Å².